The van der Waals surface area contributed by atoms with Crippen molar-refractivity contribution < 1.29 is 137 Å². The van der Waals surface area contributed by atoms with Crippen molar-refractivity contribution in [2.45, 2.75) is 359 Å². The standard InChI is InChI=1S/C73H130O27/c1-6-7-8-9-10-11-12-13-14-15-16-21-31-50(79)64(92)72-66(94)58(87)40-59(99-72)67(95)60(88)44(4)32-33-51(80)71-69(97)68(96)70(98)73(100-71)65(93)55(84)36-43(3)35-54(83)62(90)56(85)39-57(86)63(91)61(89)45(5)37-53(82)52(81)34-42(2)25-19-17-18-20-27-47(76)38-48(77)28-23-22-26-46(75)29-24-30-49(78)41-74/h6,19-21,25,27,31,36,42,45-46,48-75,77-98H,1,4,7-18,22-24,26,28-30,32-35,37-41H2,2-3,5H3/b25-19+,27-20+,31-21+,43-36+/t42-,45+,46+,48-,49+,50+,51-,52+,53-,54-,55+,56+,57-,58+,59+,60+,61+,62-,63-,64-,65+,66+,67-,68+,69-,70+,71-,72-,73-/m1/s1. The van der Waals surface area contributed by atoms with Gasteiger partial charge in [-0.25, -0.2) is 0 Å². The number of carbonyl (C=O) groups excluding carboxylic acids is 1. The summed E-state index contributed by atoms with van der Waals surface area (Å²) in [6.45, 7) is 11.8. The fourth-order valence-electron chi connectivity index (χ4n) is 12.7. The van der Waals surface area contributed by atoms with Gasteiger partial charge in [-0.15, -0.1) is 6.58 Å². The maximum atomic E-state index is 12.3. The molecular weight excluding hydrogens is 1310 g/mol. The van der Waals surface area contributed by atoms with Gasteiger partial charge in [0.2, 0.25) is 0 Å². The molecule has 584 valence electrons. The van der Waals surface area contributed by atoms with E-state index in [0.29, 0.717) is 64.2 Å². The lowest BCUT2D eigenvalue weighted by Gasteiger charge is -2.44. The number of hydrogen-bond acceptors (Lipinski definition) is 27. The van der Waals surface area contributed by atoms with Gasteiger partial charge in [0.1, 0.15) is 91.6 Å². The van der Waals surface area contributed by atoms with Crippen LogP contribution >= 0.6 is 0 Å². The smallest absolute Gasteiger partial charge is 0.157 e. The molecule has 24 N–H and O–H groups in total. The third kappa shape index (κ3) is 34.5. The Hall–Kier alpha value is -2.93. The van der Waals surface area contributed by atoms with Gasteiger partial charge in [0.15, 0.2) is 5.78 Å². The van der Waals surface area contributed by atoms with Gasteiger partial charge in [0.05, 0.1) is 79.9 Å². The lowest BCUT2D eigenvalue weighted by atomic mass is 9.86. The summed E-state index contributed by atoms with van der Waals surface area (Å²) in [5.41, 5.74) is -0.0273. The first-order chi connectivity index (χ1) is 47.2. The fraction of sp³-hybridized carbons (Fsp3) is 0.822. The number of aliphatic hydroxyl groups excluding tert-OH is 24. The Bertz CT molecular complexity index is 2310. The highest BCUT2D eigenvalue weighted by Crippen LogP contribution is 2.33. The van der Waals surface area contributed by atoms with Crippen LogP contribution in [-0.4, -0.2) is 300 Å². The minimum absolute atomic E-state index is 0.0306. The van der Waals surface area contributed by atoms with Crippen LogP contribution in [0.25, 0.3) is 0 Å². The highest BCUT2D eigenvalue weighted by atomic mass is 16.6. The van der Waals surface area contributed by atoms with E-state index in [-0.39, 0.29) is 61.6 Å². The lowest BCUT2D eigenvalue weighted by molar-refractivity contribution is -0.267. The van der Waals surface area contributed by atoms with Gasteiger partial charge >= 0.3 is 0 Å². The SMILES string of the molecule is C=CCCCCCCCCCC/C=C/[C@H](O)[C@@H](O)[C@H]1O[C@H]([C@@H](O)[C@@H](O)C(=C)CC[C@@H](O)[C@H]2O[C@H]([C@@H](O)[C@@H](O)/C=C(\C)C[C@@H](O)[C@@H](O)[C@@H](O)C[C@@H](O)[C@@H](O)[C@@H](O)[C@@H](C)C[C@@H](O)[C@@H](O)C[C@H](C)/C=C/CC/C=C/C(=O)C[C@H](O)CCCC[C@H](O)CCC[C@H](O)CO)[C@@H](O)[C@@H](O)[C@H]2O)C[C@H](O)[C@@H]1O. The first-order valence-electron chi connectivity index (χ1n) is 36.2. The Kier molecular flexibility index (Phi) is 47.1. The monoisotopic (exact) mass is 1440 g/mol. The Labute approximate surface area is 590 Å². The summed E-state index contributed by atoms with van der Waals surface area (Å²) in [6, 6.07) is 0. The van der Waals surface area contributed by atoms with Crippen LogP contribution in [0.15, 0.2) is 72.9 Å². The van der Waals surface area contributed by atoms with Gasteiger partial charge in [0.25, 0.3) is 0 Å². The molecule has 27 nitrogen and oxygen atoms in total. The van der Waals surface area contributed by atoms with Gasteiger partial charge in [-0.2, -0.15) is 0 Å². The Morgan fingerprint density at radius 3 is 1.65 bits per heavy atom. The molecule has 100 heavy (non-hydrogen) atoms. The summed E-state index contributed by atoms with van der Waals surface area (Å²) >= 11 is 0. The molecule has 0 aromatic carbocycles. The van der Waals surface area contributed by atoms with Crippen molar-refractivity contribution in [1.82, 2.24) is 0 Å². The topological polar surface area (TPSA) is 521 Å². The average molecular weight is 1440 g/mol. The Morgan fingerprint density at radius 2 is 1.02 bits per heavy atom. The van der Waals surface area contributed by atoms with Crippen LogP contribution in [0.5, 0.6) is 0 Å². The summed E-state index contributed by atoms with van der Waals surface area (Å²) in [7, 11) is 0. The fourth-order valence-corrected chi connectivity index (χ4v) is 12.7. The van der Waals surface area contributed by atoms with Crippen LogP contribution in [0.1, 0.15) is 194 Å². The molecule has 0 unspecified atom stereocenters. The van der Waals surface area contributed by atoms with Crippen molar-refractivity contribution in [1.29, 1.82) is 0 Å². The molecular formula is C73H130O27. The summed E-state index contributed by atoms with van der Waals surface area (Å²) in [4.78, 5) is 12.3. The van der Waals surface area contributed by atoms with Crippen LogP contribution in [0.3, 0.4) is 0 Å². The van der Waals surface area contributed by atoms with Crippen LogP contribution in [0.2, 0.25) is 0 Å². The van der Waals surface area contributed by atoms with E-state index in [0.717, 1.165) is 51.0 Å². The molecule has 2 aliphatic heterocycles. The second kappa shape index (κ2) is 50.5. The Morgan fingerprint density at radius 1 is 0.490 bits per heavy atom. The molecule has 0 spiro atoms. The molecule has 0 aromatic heterocycles. The predicted octanol–water partition coefficient (Wildman–Crippen LogP) is -0.455. The van der Waals surface area contributed by atoms with E-state index in [2.05, 4.69) is 13.2 Å². The zero-order valence-corrected chi connectivity index (χ0v) is 59.0. The molecule has 0 amide bonds. The van der Waals surface area contributed by atoms with E-state index < -0.39 is 190 Å². The Balaban J connectivity index is 1.84. The third-order valence-electron chi connectivity index (χ3n) is 19.3. The molecule has 29 atom stereocenters. The van der Waals surface area contributed by atoms with Crippen molar-refractivity contribution in [2.24, 2.45) is 11.8 Å². The first kappa shape index (κ1) is 93.2. The number of hydrogen-bond donors (Lipinski definition) is 24. The molecule has 2 saturated heterocycles. The zero-order chi connectivity index (χ0) is 75.3. The van der Waals surface area contributed by atoms with Gasteiger partial charge in [0, 0.05) is 19.3 Å². The number of carbonyl (C=O) groups is 1. The number of unbranched alkanes of at least 4 members (excludes halogenated alkanes) is 11. The number of ether oxygens (including phenoxy) is 2. The minimum atomic E-state index is -2.09. The summed E-state index contributed by atoms with van der Waals surface area (Å²) in [5.74, 6) is -1.35. The lowest BCUT2D eigenvalue weighted by Crippen LogP contribution is -2.64. The second-order valence-electron chi connectivity index (χ2n) is 28.4. The van der Waals surface area contributed by atoms with E-state index in [1.165, 1.54) is 38.8 Å². The normalized spacial score (nSPS) is 27.3. The highest BCUT2D eigenvalue weighted by molar-refractivity contribution is 5.89. The second-order valence-corrected chi connectivity index (χ2v) is 28.4. The van der Waals surface area contributed by atoms with Gasteiger partial charge in [-0.3, -0.25) is 4.79 Å². The molecule has 0 saturated carbocycles. The van der Waals surface area contributed by atoms with E-state index in [1.54, 1.807) is 12.2 Å². The molecule has 27 heteroatoms. The number of ketones is 1. The van der Waals surface area contributed by atoms with Gasteiger partial charge in [-0.05, 0) is 133 Å². The van der Waals surface area contributed by atoms with Crippen molar-refractivity contribution >= 4 is 5.78 Å². The van der Waals surface area contributed by atoms with Crippen LogP contribution < -0.4 is 0 Å². The third-order valence-corrected chi connectivity index (χ3v) is 19.3. The molecule has 2 rings (SSSR count). The van der Waals surface area contributed by atoms with E-state index in [9.17, 15) is 122 Å². The minimum Gasteiger partial charge on any atom is -0.394 e. The van der Waals surface area contributed by atoms with E-state index in [1.807, 2.05) is 25.2 Å². The number of aliphatic hydroxyl groups is 24. The van der Waals surface area contributed by atoms with Crippen LogP contribution in [-0.2, 0) is 14.3 Å². The molecule has 2 fully saturated rings. The van der Waals surface area contributed by atoms with Gasteiger partial charge in [-0.1, -0.05) is 120 Å². The quantitative estimate of drug-likeness (QED) is 0.0208. The summed E-state index contributed by atoms with van der Waals surface area (Å²) in [5, 5.41) is 257. The molecule has 0 aliphatic carbocycles. The molecule has 0 bridgehead atoms. The van der Waals surface area contributed by atoms with E-state index >= 15 is 0 Å². The van der Waals surface area contributed by atoms with Crippen molar-refractivity contribution in [3.63, 3.8) is 0 Å². The number of rotatable bonds is 55. The highest BCUT2D eigenvalue weighted by Gasteiger charge is 2.50. The van der Waals surface area contributed by atoms with Crippen molar-refractivity contribution in [2.75, 3.05) is 6.61 Å². The van der Waals surface area contributed by atoms with Crippen molar-refractivity contribution in [3.8, 4) is 0 Å². The molecule has 2 aliphatic rings. The van der Waals surface area contributed by atoms with Crippen molar-refractivity contribution in [3.05, 3.63) is 72.9 Å². The van der Waals surface area contributed by atoms with Gasteiger partial charge < -0.3 is 132 Å². The maximum absolute atomic E-state index is 12.3. The zero-order valence-electron chi connectivity index (χ0n) is 59.0. The first-order valence-corrected chi connectivity index (χ1v) is 36.2. The van der Waals surface area contributed by atoms with Crippen LogP contribution in [0.4, 0.5) is 0 Å². The average Bonchev–Trinajstić information content (AvgIpc) is 0.801. The maximum Gasteiger partial charge on any atom is 0.157 e. The largest absolute Gasteiger partial charge is 0.394 e. The molecule has 0 aromatic rings. The predicted molar refractivity (Wildman–Crippen MR) is 371 cm³/mol. The molecule has 2 heterocycles. The van der Waals surface area contributed by atoms with Crippen LogP contribution in [0, 0.1) is 11.8 Å². The molecule has 0 radical (unpaired) electrons. The number of allylic oxidation sites excluding steroid dienone is 6. The summed E-state index contributed by atoms with van der Waals surface area (Å²) in [6.07, 6.45) is -19.1. The van der Waals surface area contributed by atoms with E-state index in [4.69, 9.17) is 14.6 Å². The summed E-state index contributed by atoms with van der Waals surface area (Å²) < 4.78 is 11.4.